The van der Waals surface area contributed by atoms with Crippen molar-refractivity contribution in [1.82, 2.24) is 20.4 Å². The van der Waals surface area contributed by atoms with Gasteiger partial charge in [-0.05, 0) is 6.07 Å². The first-order valence-corrected chi connectivity index (χ1v) is 5.36. The first-order valence-electron chi connectivity index (χ1n) is 4.60. The molecule has 0 atom stereocenters. The quantitative estimate of drug-likeness (QED) is 0.878. The Morgan fingerprint density at radius 1 is 1.41 bits per heavy atom. The normalized spacial score (nSPS) is 9.88. The van der Waals surface area contributed by atoms with Crippen molar-refractivity contribution >= 4 is 35.0 Å². The van der Waals surface area contributed by atoms with Crippen LogP contribution in [0.2, 0.25) is 10.3 Å². The Balaban J connectivity index is 2.88. The molecule has 0 aliphatic heterocycles. The molecule has 0 fully saturated rings. The lowest BCUT2D eigenvalue weighted by Gasteiger charge is -2.16. The van der Waals surface area contributed by atoms with Gasteiger partial charge in [-0.1, -0.05) is 23.2 Å². The summed E-state index contributed by atoms with van der Waals surface area (Å²) in [6.45, 7) is -0.0778. The van der Waals surface area contributed by atoms with Crippen LogP contribution in [-0.2, 0) is 4.79 Å². The summed E-state index contributed by atoms with van der Waals surface area (Å²) in [5.41, 5.74) is 0.109. The summed E-state index contributed by atoms with van der Waals surface area (Å²) in [6.07, 6.45) is 0. The van der Waals surface area contributed by atoms with Crippen molar-refractivity contribution in [2.75, 3.05) is 20.6 Å². The number of amides is 2. The molecular weight excluding hydrogens is 267 g/mol. The fraction of sp³-hybridized carbons (Fsp3) is 0.333. The van der Waals surface area contributed by atoms with Crippen LogP contribution in [0.1, 0.15) is 10.4 Å². The van der Waals surface area contributed by atoms with Crippen LogP contribution in [0.25, 0.3) is 0 Å². The number of aromatic nitrogens is 2. The number of hydrogen-bond acceptors (Lipinski definition) is 4. The highest BCUT2D eigenvalue weighted by Crippen LogP contribution is 2.16. The minimum Gasteiger partial charge on any atom is -0.358 e. The Morgan fingerprint density at radius 2 is 2.06 bits per heavy atom. The predicted molar refractivity (Wildman–Crippen MR) is 63.1 cm³/mol. The molecule has 0 unspecified atom stereocenters. The van der Waals surface area contributed by atoms with Crippen LogP contribution < -0.4 is 5.32 Å². The summed E-state index contributed by atoms with van der Waals surface area (Å²) in [4.78, 5) is 24.2. The Morgan fingerprint density at radius 3 is 2.65 bits per heavy atom. The molecule has 0 aromatic carbocycles. The van der Waals surface area contributed by atoms with E-state index in [1.807, 2.05) is 0 Å². The van der Waals surface area contributed by atoms with Crippen LogP contribution in [0.4, 0.5) is 0 Å². The SMILES string of the molecule is CNC(=O)CN(C)C(=O)c1cc(Cl)nnc1Cl. The van der Waals surface area contributed by atoms with E-state index >= 15 is 0 Å². The van der Waals surface area contributed by atoms with Crippen LogP contribution in [0.5, 0.6) is 0 Å². The molecule has 0 bridgehead atoms. The average molecular weight is 277 g/mol. The molecule has 0 radical (unpaired) electrons. The number of likely N-dealkylation sites (N-methyl/N-ethyl adjacent to an activating group) is 2. The zero-order valence-corrected chi connectivity index (χ0v) is 10.7. The number of nitrogens with zero attached hydrogens (tertiary/aromatic N) is 3. The third kappa shape index (κ3) is 3.54. The second-order valence-corrected chi connectivity index (χ2v) is 3.95. The number of hydrogen-bond donors (Lipinski definition) is 1. The third-order valence-corrected chi connectivity index (χ3v) is 2.42. The molecule has 17 heavy (non-hydrogen) atoms. The molecule has 6 nitrogen and oxygen atoms in total. The van der Waals surface area contributed by atoms with Gasteiger partial charge in [0.05, 0.1) is 12.1 Å². The van der Waals surface area contributed by atoms with E-state index in [-0.39, 0.29) is 28.3 Å². The average Bonchev–Trinajstić information content (AvgIpc) is 2.31. The van der Waals surface area contributed by atoms with Gasteiger partial charge in [0.2, 0.25) is 5.91 Å². The van der Waals surface area contributed by atoms with Crippen molar-refractivity contribution in [1.29, 1.82) is 0 Å². The highest BCUT2D eigenvalue weighted by molar-refractivity contribution is 6.34. The van der Waals surface area contributed by atoms with Crippen LogP contribution in [-0.4, -0.2) is 47.6 Å². The van der Waals surface area contributed by atoms with E-state index in [1.54, 1.807) is 0 Å². The molecule has 0 aliphatic rings. The standard InChI is InChI=1S/C9H10Cl2N4O2/c1-12-7(16)4-15(2)9(17)5-3-6(10)13-14-8(5)11/h3H,4H2,1-2H3,(H,12,16). The van der Waals surface area contributed by atoms with E-state index in [2.05, 4.69) is 15.5 Å². The summed E-state index contributed by atoms with van der Waals surface area (Å²) < 4.78 is 0. The van der Waals surface area contributed by atoms with Gasteiger partial charge in [-0.3, -0.25) is 9.59 Å². The predicted octanol–water partition coefficient (Wildman–Crippen LogP) is 0.601. The van der Waals surface area contributed by atoms with E-state index < -0.39 is 5.91 Å². The molecule has 1 N–H and O–H groups in total. The van der Waals surface area contributed by atoms with E-state index in [0.29, 0.717) is 0 Å². The molecule has 2 amide bonds. The molecule has 0 saturated carbocycles. The molecule has 1 heterocycles. The fourth-order valence-electron chi connectivity index (χ4n) is 1.07. The number of carbonyl (C=O) groups is 2. The molecule has 0 spiro atoms. The molecule has 1 aromatic heterocycles. The maximum Gasteiger partial charge on any atom is 0.257 e. The fourth-order valence-corrected chi connectivity index (χ4v) is 1.40. The van der Waals surface area contributed by atoms with E-state index in [4.69, 9.17) is 23.2 Å². The lowest BCUT2D eigenvalue weighted by Crippen LogP contribution is -2.37. The van der Waals surface area contributed by atoms with Gasteiger partial charge in [-0.25, -0.2) is 0 Å². The molecule has 0 saturated heterocycles. The molecule has 1 aromatic rings. The van der Waals surface area contributed by atoms with Gasteiger partial charge in [0.1, 0.15) is 0 Å². The van der Waals surface area contributed by atoms with Gasteiger partial charge in [0, 0.05) is 14.1 Å². The summed E-state index contributed by atoms with van der Waals surface area (Å²) >= 11 is 11.3. The Hall–Kier alpha value is -1.40. The van der Waals surface area contributed by atoms with Crippen molar-refractivity contribution in [3.05, 3.63) is 21.9 Å². The van der Waals surface area contributed by atoms with Gasteiger partial charge in [-0.2, -0.15) is 0 Å². The summed E-state index contributed by atoms with van der Waals surface area (Å²) in [6, 6.07) is 1.31. The second kappa shape index (κ2) is 5.79. The maximum atomic E-state index is 11.9. The summed E-state index contributed by atoms with van der Waals surface area (Å²) in [5, 5.41) is 9.43. The van der Waals surface area contributed by atoms with Crippen LogP contribution in [0.15, 0.2) is 6.07 Å². The first-order chi connectivity index (χ1) is 7.95. The summed E-state index contributed by atoms with van der Waals surface area (Å²) in [5.74, 6) is -0.736. The topological polar surface area (TPSA) is 75.2 Å². The molecular formula is C9H10Cl2N4O2. The Kier molecular flexibility index (Phi) is 4.65. The van der Waals surface area contributed by atoms with Crippen molar-refractivity contribution < 1.29 is 9.59 Å². The Bertz CT molecular complexity index is 453. The van der Waals surface area contributed by atoms with E-state index in [0.717, 1.165) is 0 Å². The van der Waals surface area contributed by atoms with Crippen molar-refractivity contribution in [2.45, 2.75) is 0 Å². The highest BCUT2D eigenvalue weighted by atomic mass is 35.5. The minimum absolute atomic E-state index is 0.0526. The molecule has 0 aliphatic carbocycles. The summed E-state index contributed by atoms with van der Waals surface area (Å²) in [7, 11) is 2.96. The number of halogens is 2. The van der Waals surface area contributed by atoms with Gasteiger partial charge in [-0.15, -0.1) is 10.2 Å². The van der Waals surface area contributed by atoms with Crippen LogP contribution >= 0.6 is 23.2 Å². The number of nitrogens with one attached hydrogen (secondary N) is 1. The Labute approximate surface area is 108 Å². The van der Waals surface area contributed by atoms with Crippen molar-refractivity contribution in [3.63, 3.8) is 0 Å². The number of carbonyl (C=O) groups excluding carboxylic acids is 2. The highest BCUT2D eigenvalue weighted by Gasteiger charge is 2.18. The van der Waals surface area contributed by atoms with Crippen molar-refractivity contribution in [2.24, 2.45) is 0 Å². The van der Waals surface area contributed by atoms with Gasteiger partial charge >= 0.3 is 0 Å². The first kappa shape index (κ1) is 13.7. The molecule has 1 rings (SSSR count). The lowest BCUT2D eigenvalue weighted by atomic mass is 10.2. The van der Waals surface area contributed by atoms with E-state index in [1.165, 1.54) is 25.1 Å². The van der Waals surface area contributed by atoms with Crippen molar-refractivity contribution in [3.8, 4) is 0 Å². The lowest BCUT2D eigenvalue weighted by molar-refractivity contribution is -0.121. The third-order valence-electron chi connectivity index (χ3n) is 1.96. The van der Waals surface area contributed by atoms with Crippen LogP contribution in [0.3, 0.4) is 0 Å². The van der Waals surface area contributed by atoms with Gasteiger partial charge in [0.25, 0.3) is 5.91 Å². The smallest absolute Gasteiger partial charge is 0.257 e. The maximum absolute atomic E-state index is 11.9. The molecule has 8 heteroatoms. The van der Waals surface area contributed by atoms with Crippen LogP contribution in [0, 0.1) is 0 Å². The molecule has 92 valence electrons. The van der Waals surface area contributed by atoms with Gasteiger partial charge in [0.15, 0.2) is 10.3 Å². The monoisotopic (exact) mass is 276 g/mol. The second-order valence-electron chi connectivity index (χ2n) is 3.21. The zero-order chi connectivity index (χ0) is 13.0. The number of rotatable bonds is 3. The van der Waals surface area contributed by atoms with Gasteiger partial charge < -0.3 is 10.2 Å². The minimum atomic E-state index is -0.449. The zero-order valence-electron chi connectivity index (χ0n) is 9.20. The largest absolute Gasteiger partial charge is 0.358 e. The van der Waals surface area contributed by atoms with E-state index in [9.17, 15) is 9.59 Å².